The number of hydrogen-bond donors (Lipinski definition) is 0. The van der Waals surface area contributed by atoms with Crippen molar-refractivity contribution in [1.29, 1.82) is 0 Å². The van der Waals surface area contributed by atoms with Crippen molar-refractivity contribution >= 4 is 62.4 Å². The summed E-state index contributed by atoms with van der Waals surface area (Å²) in [7, 11) is 0. The highest BCUT2D eigenvalue weighted by Gasteiger charge is 2.25. The fraction of sp³-hybridized carbons (Fsp3) is 0.0800. The highest BCUT2D eigenvalue weighted by Crippen LogP contribution is 2.38. The Kier molecular flexibility index (Phi) is 7.24. The van der Waals surface area contributed by atoms with Crippen molar-refractivity contribution in [2.45, 2.75) is 6.92 Å². The number of hydrogen-bond acceptors (Lipinski definition) is 6. The molecule has 0 aliphatic carbocycles. The zero-order chi connectivity index (χ0) is 23.4. The van der Waals surface area contributed by atoms with Gasteiger partial charge in [0.25, 0.3) is 0 Å². The molecule has 4 rings (SSSR count). The maximum absolute atomic E-state index is 12.5. The third-order valence-electron chi connectivity index (χ3n) is 4.55. The second-order valence-corrected chi connectivity index (χ2v) is 8.96. The predicted octanol–water partition coefficient (Wildman–Crippen LogP) is 6.02. The van der Waals surface area contributed by atoms with Gasteiger partial charge in [-0.15, -0.1) is 0 Å². The van der Waals surface area contributed by atoms with Gasteiger partial charge >= 0.3 is 11.9 Å². The van der Waals surface area contributed by atoms with Crippen molar-refractivity contribution in [1.82, 2.24) is 0 Å². The molecular weight excluding hydrogens is 601 g/mol. The molecule has 6 nitrogen and oxygen atoms in total. The number of halogens is 2. The highest BCUT2D eigenvalue weighted by atomic mass is 127. The van der Waals surface area contributed by atoms with Crippen LogP contribution >= 0.6 is 38.5 Å². The van der Waals surface area contributed by atoms with E-state index in [9.17, 15) is 9.59 Å². The van der Waals surface area contributed by atoms with Gasteiger partial charge in [-0.3, -0.25) is 0 Å². The van der Waals surface area contributed by atoms with E-state index in [4.69, 9.17) is 14.2 Å². The van der Waals surface area contributed by atoms with Crippen LogP contribution in [-0.2, 0) is 9.53 Å². The molecule has 0 atom stereocenters. The molecule has 3 aromatic rings. The molecule has 1 aliphatic heterocycles. The van der Waals surface area contributed by atoms with Crippen LogP contribution in [0.1, 0.15) is 28.4 Å². The van der Waals surface area contributed by atoms with Gasteiger partial charge in [0.15, 0.2) is 17.2 Å². The SMILES string of the molecule is CCOc1cc(/C=C2\N=C(c3ccc(I)cc3)OC2=O)cc(Br)c1OC(=O)c1ccccc1. The molecule has 0 spiro atoms. The first-order chi connectivity index (χ1) is 15.9. The Labute approximate surface area is 212 Å². The number of aliphatic imine (C=N–C) groups is 1. The fourth-order valence-corrected chi connectivity index (χ4v) is 3.94. The minimum absolute atomic E-state index is 0.159. The monoisotopic (exact) mass is 617 g/mol. The van der Waals surface area contributed by atoms with E-state index in [1.807, 2.05) is 37.3 Å². The van der Waals surface area contributed by atoms with E-state index in [1.165, 1.54) is 0 Å². The lowest BCUT2D eigenvalue weighted by Crippen LogP contribution is -2.10. The van der Waals surface area contributed by atoms with Crippen molar-refractivity contribution < 1.29 is 23.8 Å². The van der Waals surface area contributed by atoms with Crippen molar-refractivity contribution in [3.05, 3.63) is 97.2 Å². The third-order valence-corrected chi connectivity index (χ3v) is 5.86. The molecule has 0 aromatic heterocycles. The van der Waals surface area contributed by atoms with Crippen molar-refractivity contribution in [3.8, 4) is 11.5 Å². The summed E-state index contributed by atoms with van der Waals surface area (Å²) in [4.78, 5) is 29.2. The Hall–Kier alpha value is -2.98. The van der Waals surface area contributed by atoms with Gasteiger partial charge < -0.3 is 14.2 Å². The average Bonchev–Trinajstić information content (AvgIpc) is 3.17. The number of benzene rings is 3. The van der Waals surface area contributed by atoms with Gasteiger partial charge in [-0.05, 0) is 106 Å². The topological polar surface area (TPSA) is 74.2 Å². The zero-order valence-electron chi connectivity index (χ0n) is 17.4. The van der Waals surface area contributed by atoms with Crippen LogP contribution in [0.25, 0.3) is 6.08 Å². The lowest BCUT2D eigenvalue weighted by atomic mass is 10.1. The second kappa shape index (κ2) is 10.3. The molecule has 1 aliphatic rings. The van der Waals surface area contributed by atoms with E-state index >= 15 is 0 Å². The number of rotatable bonds is 6. The number of nitrogens with zero attached hydrogens (tertiary/aromatic N) is 1. The fourth-order valence-electron chi connectivity index (χ4n) is 3.04. The normalized spacial score (nSPS) is 14.1. The van der Waals surface area contributed by atoms with Crippen LogP contribution in [0.4, 0.5) is 0 Å². The summed E-state index contributed by atoms with van der Waals surface area (Å²) in [5.41, 5.74) is 1.92. The summed E-state index contributed by atoms with van der Waals surface area (Å²) in [5.74, 6) is -0.187. The van der Waals surface area contributed by atoms with Crippen LogP contribution < -0.4 is 9.47 Å². The number of esters is 2. The molecule has 1 heterocycles. The quantitative estimate of drug-likeness (QED) is 0.146. The Morgan fingerprint density at radius 2 is 1.85 bits per heavy atom. The van der Waals surface area contributed by atoms with E-state index in [2.05, 4.69) is 43.5 Å². The van der Waals surface area contributed by atoms with Crippen LogP contribution in [-0.4, -0.2) is 24.4 Å². The number of carbonyl (C=O) groups is 2. The van der Waals surface area contributed by atoms with Crippen molar-refractivity contribution in [2.24, 2.45) is 4.99 Å². The Morgan fingerprint density at radius 1 is 1.12 bits per heavy atom. The van der Waals surface area contributed by atoms with Crippen LogP contribution in [0.2, 0.25) is 0 Å². The smallest absolute Gasteiger partial charge is 0.363 e. The van der Waals surface area contributed by atoms with Crippen molar-refractivity contribution in [3.63, 3.8) is 0 Å². The van der Waals surface area contributed by atoms with Gasteiger partial charge in [0.2, 0.25) is 5.90 Å². The second-order valence-electron chi connectivity index (χ2n) is 6.86. The third kappa shape index (κ3) is 5.51. The van der Waals surface area contributed by atoms with E-state index in [0.29, 0.717) is 33.5 Å². The number of ether oxygens (including phenoxy) is 3. The average molecular weight is 618 g/mol. The van der Waals surface area contributed by atoms with Crippen molar-refractivity contribution in [2.75, 3.05) is 6.61 Å². The highest BCUT2D eigenvalue weighted by molar-refractivity contribution is 14.1. The van der Waals surface area contributed by atoms with Crippen LogP contribution in [0.15, 0.2) is 81.9 Å². The maximum atomic E-state index is 12.5. The molecule has 0 bridgehead atoms. The molecule has 8 heteroatoms. The lowest BCUT2D eigenvalue weighted by molar-refractivity contribution is -0.129. The molecule has 0 unspecified atom stereocenters. The van der Waals surface area contributed by atoms with Gasteiger partial charge in [0.05, 0.1) is 16.6 Å². The summed E-state index contributed by atoms with van der Waals surface area (Å²) >= 11 is 5.65. The van der Waals surface area contributed by atoms with Gasteiger partial charge in [-0.1, -0.05) is 18.2 Å². The van der Waals surface area contributed by atoms with E-state index < -0.39 is 11.9 Å². The molecular formula is C25H17BrINO5. The van der Waals surface area contributed by atoms with E-state index in [-0.39, 0.29) is 17.3 Å². The van der Waals surface area contributed by atoms with Crippen LogP contribution in [0.5, 0.6) is 11.5 Å². The largest absolute Gasteiger partial charge is 0.490 e. The molecule has 0 amide bonds. The Balaban J connectivity index is 1.64. The lowest BCUT2D eigenvalue weighted by Gasteiger charge is -2.13. The van der Waals surface area contributed by atoms with E-state index in [0.717, 1.165) is 3.57 Å². The van der Waals surface area contributed by atoms with Gasteiger partial charge in [0.1, 0.15) is 0 Å². The molecule has 0 radical (unpaired) electrons. The Morgan fingerprint density at radius 3 is 2.55 bits per heavy atom. The Bertz CT molecular complexity index is 1270. The zero-order valence-corrected chi connectivity index (χ0v) is 21.1. The first-order valence-corrected chi connectivity index (χ1v) is 11.8. The number of carbonyl (C=O) groups excluding carboxylic acids is 2. The van der Waals surface area contributed by atoms with Crippen LogP contribution in [0.3, 0.4) is 0 Å². The van der Waals surface area contributed by atoms with Gasteiger partial charge in [-0.25, -0.2) is 14.6 Å². The number of cyclic esters (lactones) is 1. The summed E-state index contributed by atoms with van der Waals surface area (Å²) in [6.45, 7) is 2.19. The molecule has 33 heavy (non-hydrogen) atoms. The summed E-state index contributed by atoms with van der Waals surface area (Å²) in [5, 5.41) is 0. The minimum Gasteiger partial charge on any atom is -0.490 e. The summed E-state index contributed by atoms with van der Waals surface area (Å²) in [6, 6.07) is 19.6. The summed E-state index contributed by atoms with van der Waals surface area (Å²) < 4.78 is 18.2. The predicted molar refractivity (Wildman–Crippen MR) is 136 cm³/mol. The minimum atomic E-state index is -0.544. The van der Waals surface area contributed by atoms with Gasteiger partial charge in [0, 0.05) is 9.13 Å². The van der Waals surface area contributed by atoms with E-state index in [1.54, 1.807) is 42.5 Å². The molecule has 0 saturated heterocycles. The molecule has 0 N–H and O–H groups in total. The van der Waals surface area contributed by atoms with Crippen LogP contribution in [0, 0.1) is 3.57 Å². The molecule has 166 valence electrons. The first kappa shape index (κ1) is 23.2. The molecule has 3 aromatic carbocycles. The first-order valence-electron chi connectivity index (χ1n) is 9.96. The standard InChI is InChI=1S/C25H17BrINO5/c1-2-31-21-14-15(12-19(26)22(21)32-24(29)17-6-4-3-5-7-17)13-20-25(30)33-23(28-20)16-8-10-18(27)11-9-16/h3-14H,2H2,1H3/b20-13-. The summed E-state index contributed by atoms with van der Waals surface area (Å²) in [6.07, 6.45) is 1.60. The maximum Gasteiger partial charge on any atom is 0.363 e. The van der Waals surface area contributed by atoms with Gasteiger partial charge in [-0.2, -0.15) is 0 Å². The molecule has 0 saturated carbocycles. The molecule has 0 fully saturated rings.